The zero-order valence-electron chi connectivity index (χ0n) is 12.2. The largest absolute Gasteiger partial charge is 0.236 e. The monoisotopic (exact) mass is 293 g/mol. The first-order chi connectivity index (χ1) is 9.49. The van der Waals surface area contributed by atoms with Crippen LogP contribution < -0.4 is 0 Å². The highest BCUT2D eigenvalue weighted by molar-refractivity contribution is 7.92. The molecule has 1 saturated carbocycles. The molecule has 20 heavy (non-hydrogen) atoms. The third kappa shape index (κ3) is 3.93. The third-order valence-corrected chi connectivity index (χ3v) is 5.71. The Balaban J connectivity index is 2.04. The van der Waals surface area contributed by atoms with Crippen molar-refractivity contribution in [2.24, 2.45) is 5.92 Å². The zero-order valence-corrected chi connectivity index (χ0v) is 13.0. The van der Waals surface area contributed by atoms with Crippen molar-refractivity contribution >= 4 is 16.1 Å². The van der Waals surface area contributed by atoms with Crippen LogP contribution in [0.25, 0.3) is 6.08 Å². The lowest BCUT2D eigenvalue weighted by atomic mass is 9.87. The minimum Gasteiger partial charge on any atom is -0.208 e. The Labute approximate surface area is 122 Å². The summed E-state index contributed by atoms with van der Waals surface area (Å²) in [7, 11) is -1.62. The molecule has 0 unspecified atom stereocenters. The molecule has 0 atom stereocenters. The molecule has 1 aromatic carbocycles. The average molecular weight is 293 g/mol. The lowest BCUT2D eigenvalue weighted by Gasteiger charge is -2.32. The number of hydrogen-bond acceptors (Lipinski definition) is 2. The highest BCUT2D eigenvalue weighted by Gasteiger charge is 2.27. The van der Waals surface area contributed by atoms with Gasteiger partial charge in [-0.05, 0) is 43.2 Å². The van der Waals surface area contributed by atoms with E-state index in [0.717, 1.165) is 37.2 Å². The van der Waals surface area contributed by atoms with Gasteiger partial charge in [0.25, 0.3) is 0 Å². The molecule has 110 valence electrons. The van der Waals surface area contributed by atoms with Gasteiger partial charge >= 0.3 is 0 Å². The molecule has 0 aliphatic heterocycles. The van der Waals surface area contributed by atoms with E-state index >= 15 is 0 Å². The number of rotatable bonds is 4. The SMILES string of the molecule is CC1CCC(N(C)S(=O)(=O)/C=C/c2ccccc2)CC1. The lowest BCUT2D eigenvalue weighted by molar-refractivity contribution is 0.247. The van der Waals surface area contributed by atoms with Crippen molar-refractivity contribution in [1.29, 1.82) is 0 Å². The summed E-state index contributed by atoms with van der Waals surface area (Å²) in [6.07, 6.45) is 5.84. The second kappa shape index (κ2) is 6.55. The molecule has 0 aromatic heterocycles. The molecule has 1 fully saturated rings. The van der Waals surface area contributed by atoms with Crippen molar-refractivity contribution in [2.75, 3.05) is 7.05 Å². The van der Waals surface area contributed by atoms with Gasteiger partial charge in [-0.2, -0.15) is 4.31 Å². The Morgan fingerprint density at radius 1 is 1.10 bits per heavy atom. The molecule has 0 bridgehead atoms. The first-order valence-corrected chi connectivity index (χ1v) is 8.70. The summed E-state index contributed by atoms with van der Waals surface area (Å²) in [6, 6.07) is 9.66. The second-order valence-electron chi connectivity index (χ2n) is 5.69. The topological polar surface area (TPSA) is 37.4 Å². The van der Waals surface area contributed by atoms with Crippen LogP contribution in [-0.4, -0.2) is 25.8 Å². The van der Waals surface area contributed by atoms with Crippen LogP contribution in [0.15, 0.2) is 35.7 Å². The van der Waals surface area contributed by atoms with Gasteiger partial charge in [-0.15, -0.1) is 0 Å². The quantitative estimate of drug-likeness (QED) is 0.852. The van der Waals surface area contributed by atoms with Gasteiger partial charge in [-0.3, -0.25) is 0 Å². The predicted molar refractivity (Wildman–Crippen MR) is 83.6 cm³/mol. The third-order valence-electron chi connectivity index (χ3n) is 4.13. The summed E-state index contributed by atoms with van der Waals surface area (Å²) in [6.45, 7) is 2.24. The highest BCUT2D eigenvalue weighted by Crippen LogP contribution is 2.28. The van der Waals surface area contributed by atoms with Gasteiger partial charge in [0, 0.05) is 18.5 Å². The maximum absolute atomic E-state index is 12.3. The molecule has 0 saturated heterocycles. The maximum atomic E-state index is 12.3. The van der Waals surface area contributed by atoms with Gasteiger partial charge in [0.2, 0.25) is 10.0 Å². The summed E-state index contributed by atoms with van der Waals surface area (Å²) in [5, 5.41) is 1.32. The van der Waals surface area contributed by atoms with Gasteiger partial charge in [0.15, 0.2) is 0 Å². The van der Waals surface area contributed by atoms with E-state index in [1.54, 1.807) is 17.4 Å². The molecule has 4 heteroatoms. The fraction of sp³-hybridized carbons (Fsp3) is 0.500. The van der Waals surface area contributed by atoms with Crippen LogP contribution in [0.1, 0.15) is 38.2 Å². The van der Waals surface area contributed by atoms with E-state index in [9.17, 15) is 8.42 Å². The van der Waals surface area contributed by atoms with E-state index in [0.29, 0.717) is 0 Å². The Bertz CT molecular complexity index is 543. The Morgan fingerprint density at radius 3 is 2.30 bits per heavy atom. The van der Waals surface area contributed by atoms with Crippen LogP contribution in [0.3, 0.4) is 0 Å². The molecule has 1 aliphatic rings. The number of sulfonamides is 1. The van der Waals surface area contributed by atoms with Crippen molar-refractivity contribution in [2.45, 2.75) is 38.6 Å². The van der Waals surface area contributed by atoms with E-state index in [-0.39, 0.29) is 6.04 Å². The van der Waals surface area contributed by atoms with E-state index in [2.05, 4.69) is 6.92 Å². The minimum absolute atomic E-state index is 0.150. The van der Waals surface area contributed by atoms with Crippen molar-refractivity contribution in [1.82, 2.24) is 4.31 Å². The van der Waals surface area contributed by atoms with Crippen molar-refractivity contribution < 1.29 is 8.42 Å². The molecule has 0 radical (unpaired) electrons. The van der Waals surface area contributed by atoms with Crippen molar-refractivity contribution in [3.63, 3.8) is 0 Å². The van der Waals surface area contributed by atoms with Gasteiger partial charge in [-0.1, -0.05) is 37.3 Å². The predicted octanol–water partition coefficient (Wildman–Crippen LogP) is 3.50. The van der Waals surface area contributed by atoms with E-state index < -0.39 is 10.0 Å². The second-order valence-corrected chi connectivity index (χ2v) is 7.57. The van der Waals surface area contributed by atoms with Gasteiger partial charge < -0.3 is 0 Å². The highest BCUT2D eigenvalue weighted by atomic mass is 32.2. The van der Waals surface area contributed by atoms with Gasteiger partial charge in [-0.25, -0.2) is 8.42 Å². The van der Waals surface area contributed by atoms with Crippen molar-refractivity contribution in [3.05, 3.63) is 41.3 Å². The molecule has 0 amide bonds. The minimum atomic E-state index is -3.32. The molecule has 0 spiro atoms. The molecule has 2 rings (SSSR count). The van der Waals surface area contributed by atoms with Crippen LogP contribution in [0.5, 0.6) is 0 Å². The number of hydrogen-bond donors (Lipinski definition) is 0. The standard InChI is InChI=1S/C16H23NO2S/c1-14-8-10-16(11-9-14)17(2)20(18,19)13-12-15-6-4-3-5-7-15/h3-7,12-14,16H,8-11H2,1-2H3/b13-12+. The summed E-state index contributed by atoms with van der Waals surface area (Å²) in [5.74, 6) is 0.724. The average Bonchev–Trinajstić information content (AvgIpc) is 2.46. The molecular formula is C16H23NO2S. The van der Waals surface area contributed by atoms with Crippen LogP contribution >= 0.6 is 0 Å². The first kappa shape index (κ1) is 15.3. The molecule has 1 aromatic rings. The Hall–Kier alpha value is -1.13. The smallest absolute Gasteiger partial charge is 0.208 e. The summed E-state index contributed by atoms with van der Waals surface area (Å²) in [5.41, 5.74) is 0.904. The maximum Gasteiger partial charge on any atom is 0.236 e. The summed E-state index contributed by atoms with van der Waals surface area (Å²) in [4.78, 5) is 0. The molecular weight excluding hydrogens is 270 g/mol. The molecule has 0 heterocycles. The van der Waals surface area contributed by atoms with Crippen LogP contribution in [0.4, 0.5) is 0 Å². The zero-order chi connectivity index (χ0) is 14.6. The van der Waals surface area contributed by atoms with Crippen molar-refractivity contribution in [3.8, 4) is 0 Å². The number of nitrogens with zero attached hydrogens (tertiary/aromatic N) is 1. The lowest BCUT2D eigenvalue weighted by Crippen LogP contribution is -2.38. The van der Waals surface area contributed by atoms with E-state index in [4.69, 9.17) is 0 Å². The Morgan fingerprint density at radius 2 is 1.70 bits per heavy atom. The Kier molecular flexibility index (Phi) is 5.00. The van der Waals surface area contributed by atoms with Gasteiger partial charge in [0.05, 0.1) is 0 Å². The molecule has 3 nitrogen and oxygen atoms in total. The van der Waals surface area contributed by atoms with Gasteiger partial charge in [0.1, 0.15) is 0 Å². The molecule has 1 aliphatic carbocycles. The summed E-state index contributed by atoms with van der Waals surface area (Å²) < 4.78 is 26.2. The van der Waals surface area contributed by atoms with E-state index in [1.165, 1.54) is 5.41 Å². The fourth-order valence-electron chi connectivity index (χ4n) is 2.64. The number of benzene rings is 1. The van der Waals surface area contributed by atoms with Crippen LogP contribution in [0.2, 0.25) is 0 Å². The first-order valence-electron chi connectivity index (χ1n) is 7.20. The fourth-order valence-corrected chi connectivity index (χ4v) is 3.79. The molecule has 0 N–H and O–H groups in total. The summed E-state index contributed by atoms with van der Waals surface area (Å²) >= 11 is 0. The van der Waals surface area contributed by atoms with E-state index in [1.807, 2.05) is 30.3 Å². The normalized spacial score (nSPS) is 24.4. The van der Waals surface area contributed by atoms with Crippen LogP contribution in [-0.2, 0) is 10.0 Å². The van der Waals surface area contributed by atoms with Crippen LogP contribution in [0, 0.1) is 5.92 Å².